The van der Waals surface area contributed by atoms with Crippen LogP contribution < -0.4 is 14.2 Å². The summed E-state index contributed by atoms with van der Waals surface area (Å²) in [5, 5.41) is 7.79. The average Bonchev–Trinajstić information content (AvgIpc) is 3.66. The van der Waals surface area contributed by atoms with Gasteiger partial charge in [0.1, 0.15) is 15.1 Å². The van der Waals surface area contributed by atoms with Gasteiger partial charge in [0.15, 0.2) is 6.54 Å². The quantitative estimate of drug-likeness (QED) is 0.124. The molecule has 0 saturated heterocycles. The van der Waals surface area contributed by atoms with Crippen molar-refractivity contribution in [3.8, 4) is 5.75 Å². The lowest BCUT2D eigenvalue weighted by atomic mass is 10.1. The van der Waals surface area contributed by atoms with Gasteiger partial charge in [0.25, 0.3) is 5.01 Å². The number of fused-ring (bicyclic) bond motifs is 6. The molecule has 1 aliphatic heterocycles. The van der Waals surface area contributed by atoms with Gasteiger partial charge in [0.05, 0.1) is 27.9 Å². The number of nitrogens with zero attached hydrogens (tertiary/aromatic N) is 2. The summed E-state index contributed by atoms with van der Waals surface area (Å²) >= 11 is 5.11. The van der Waals surface area contributed by atoms with Crippen molar-refractivity contribution in [3.63, 3.8) is 0 Å². The number of aryl methyl sites for hydroxylation is 1. The Labute approximate surface area is 252 Å². The molecule has 6 rings (SSSR count). The highest BCUT2D eigenvalue weighted by Crippen LogP contribution is 2.49. The molecule has 10 heteroatoms. The van der Waals surface area contributed by atoms with Crippen LogP contribution in [0.3, 0.4) is 0 Å². The Hall–Kier alpha value is -2.89. The minimum Gasteiger partial charge on any atom is -0.748 e. The molecule has 0 saturated carbocycles. The summed E-state index contributed by atoms with van der Waals surface area (Å²) in [4.78, 5) is 3.65. The van der Waals surface area contributed by atoms with Crippen molar-refractivity contribution >= 4 is 87.4 Å². The van der Waals surface area contributed by atoms with Crippen LogP contribution in [-0.2, 0) is 16.7 Å². The fraction of sp³-hybridized carbons (Fsp3) is 0.258. The fourth-order valence-electron chi connectivity index (χ4n) is 5.43. The number of thiazole rings is 1. The second kappa shape index (κ2) is 11.4. The molecule has 2 aromatic heterocycles. The zero-order chi connectivity index (χ0) is 28.7. The lowest BCUT2D eigenvalue weighted by Crippen LogP contribution is -2.36. The normalized spacial score (nSPS) is 15.1. The van der Waals surface area contributed by atoms with E-state index in [1.165, 1.54) is 32.0 Å². The van der Waals surface area contributed by atoms with Gasteiger partial charge in [0.2, 0.25) is 5.52 Å². The molecule has 0 N–H and O–H groups in total. The van der Waals surface area contributed by atoms with Gasteiger partial charge in [-0.1, -0.05) is 60.4 Å². The number of allylic oxidation sites excluding steroid dienone is 2. The molecule has 0 fully saturated rings. The second-order valence-corrected chi connectivity index (χ2v) is 14.4. The Morgan fingerprint density at radius 2 is 1.95 bits per heavy atom. The maximum absolute atomic E-state index is 11.4. The molecular formula is C31H30N2O4S4. The molecule has 0 aliphatic carbocycles. The molecule has 6 nitrogen and oxygen atoms in total. The van der Waals surface area contributed by atoms with Crippen molar-refractivity contribution < 1.29 is 22.3 Å². The standard InChI is InChI=1S/C31H30N2O4S4/c1-4-20(17-27-32(5-2)29-22-10-7-6-9-21(22)11-12-25(29)39-27)18-28-33(14-8-16-41(34,35)36)30-26(40-28)19-24(37-3)23-13-15-38-31(23)30/h6-7,9-13,15,17-19H,4-5,8,14,16H2,1-3H3. The zero-order valence-electron chi connectivity index (χ0n) is 23.0. The van der Waals surface area contributed by atoms with E-state index in [2.05, 4.69) is 84.0 Å². The largest absolute Gasteiger partial charge is 0.748 e. The van der Waals surface area contributed by atoms with Crippen molar-refractivity contribution in [3.05, 3.63) is 75.6 Å². The average molecular weight is 623 g/mol. The van der Waals surface area contributed by atoms with Crippen LogP contribution in [0.5, 0.6) is 5.75 Å². The Bertz CT molecular complexity index is 1950. The number of anilines is 1. The molecular weight excluding hydrogens is 593 g/mol. The van der Waals surface area contributed by atoms with Crippen LogP contribution in [-0.4, -0.2) is 32.4 Å². The number of methoxy groups -OCH3 is 1. The summed E-state index contributed by atoms with van der Waals surface area (Å²) in [7, 11) is -2.61. The second-order valence-electron chi connectivity index (χ2n) is 9.83. The van der Waals surface area contributed by atoms with E-state index >= 15 is 0 Å². The topological polar surface area (TPSA) is 73.5 Å². The van der Waals surface area contributed by atoms with E-state index < -0.39 is 10.1 Å². The van der Waals surface area contributed by atoms with Crippen LogP contribution in [0.4, 0.5) is 5.69 Å². The summed E-state index contributed by atoms with van der Waals surface area (Å²) in [6, 6.07) is 17.0. The van der Waals surface area contributed by atoms with Gasteiger partial charge in [0, 0.05) is 46.5 Å². The van der Waals surface area contributed by atoms with E-state index in [1.807, 2.05) is 5.38 Å². The van der Waals surface area contributed by atoms with Crippen molar-refractivity contribution in [2.45, 2.75) is 38.1 Å². The lowest BCUT2D eigenvalue weighted by Gasteiger charge is -2.20. The maximum atomic E-state index is 11.4. The predicted octanol–water partition coefficient (Wildman–Crippen LogP) is 7.77. The zero-order valence-corrected chi connectivity index (χ0v) is 26.3. The van der Waals surface area contributed by atoms with Crippen LogP contribution in [0.2, 0.25) is 0 Å². The number of ether oxygens (including phenoxy) is 1. The first-order valence-electron chi connectivity index (χ1n) is 13.5. The molecule has 41 heavy (non-hydrogen) atoms. The molecule has 0 unspecified atom stereocenters. The van der Waals surface area contributed by atoms with E-state index in [0.29, 0.717) is 6.54 Å². The minimum atomic E-state index is -4.29. The fourth-order valence-corrected chi connectivity index (χ4v) is 9.37. The van der Waals surface area contributed by atoms with E-state index in [1.54, 1.807) is 41.5 Å². The molecule has 3 heterocycles. The van der Waals surface area contributed by atoms with Gasteiger partial charge >= 0.3 is 0 Å². The number of rotatable bonds is 9. The highest BCUT2D eigenvalue weighted by molar-refractivity contribution is 8.03. The van der Waals surface area contributed by atoms with E-state index in [0.717, 1.165) is 44.0 Å². The van der Waals surface area contributed by atoms with Gasteiger partial charge < -0.3 is 14.2 Å². The van der Waals surface area contributed by atoms with Crippen molar-refractivity contribution in [1.29, 1.82) is 0 Å². The third kappa shape index (κ3) is 5.39. The number of thioether (sulfide) groups is 1. The van der Waals surface area contributed by atoms with Crippen molar-refractivity contribution in [2.75, 3.05) is 24.3 Å². The highest BCUT2D eigenvalue weighted by atomic mass is 32.2. The summed E-state index contributed by atoms with van der Waals surface area (Å²) in [5.41, 5.74) is 3.50. The Balaban J connectivity index is 1.46. The van der Waals surface area contributed by atoms with Crippen LogP contribution in [0.25, 0.3) is 37.2 Å². The summed E-state index contributed by atoms with van der Waals surface area (Å²) in [5.74, 6) is 0.437. The maximum Gasteiger partial charge on any atom is 0.263 e. The van der Waals surface area contributed by atoms with Crippen molar-refractivity contribution in [2.24, 2.45) is 0 Å². The van der Waals surface area contributed by atoms with Crippen LogP contribution in [0.1, 0.15) is 31.7 Å². The number of thiophene rings is 1. The molecule has 0 radical (unpaired) electrons. The lowest BCUT2D eigenvalue weighted by molar-refractivity contribution is -0.667. The van der Waals surface area contributed by atoms with Crippen molar-refractivity contribution in [1.82, 2.24) is 0 Å². The first-order valence-corrected chi connectivity index (χ1v) is 17.6. The van der Waals surface area contributed by atoms with Gasteiger partial charge in [-0.3, -0.25) is 0 Å². The smallest absolute Gasteiger partial charge is 0.263 e. The SMILES string of the molecule is CCC(=Cc1sc2cc(OC)c3ccsc3c2[n+]1CCCS(=O)(=O)[O-])C=C1Sc2ccc3ccccc3c2N1CC. The van der Waals surface area contributed by atoms with Gasteiger partial charge in [-0.05, 0) is 47.9 Å². The van der Waals surface area contributed by atoms with Gasteiger partial charge in [-0.25, -0.2) is 8.42 Å². The first-order chi connectivity index (χ1) is 19.8. The molecule has 3 aromatic carbocycles. The van der Waals surface area contributed by atoms with Gasteiger partial charge in [-0.2, -0.15) is 4.57 Å². The van der Waals surface area contributed by atoms with Gasteiger partial charge in [-0.15, -0.1) is 11.3 Å². The molecule has 0 atom stereocenters. The predicted molar refractivity (Wildman–Crippen MR) is 172 cm³/mol. The number of benzene rings is 3. The summed E-state index contributed by atoms with van der Waals surface area (Å²) in [6.45, 7) is 5.64. The minimum absolute atomic E-state index is 0.256. The third-order valence-electron chi connectivity index (χ3n) is 7.34. The number of aromatic nitrogens is 1. The Kier molecular flexibility index (Phi) is 7.86. The van der Waals surface area contributed by atoms with E-state index in [4.69, 9.17) is 4.74 Å². The number of hydrogen-bond acceptors (Lipinski definition) is 8. The number of hydrogen-bond donors (Lipinski definition) is 0. The molecule has 0 bridgehead atoms. The van der Waals surface area contributed by atoms with E-state index in [9.17, 15) is 13.0 Å². The van der Waals surface area contributed by atoms with Crippen LogP contribution >= 0.6 is 34.4 Å². The Morgan fingerprint density at radius 3 is 2.71 bits per heavy atom. The monoisotopic (exact) mass is 622 g/mol. The summed E-state index contributed by atoms with van der Waals surface area (Å²) < 4.78 is 44.3. The first kappa shape index (κ1) is 28.2. The summed E-state index contributed by atoms with van der Waals surface area (Å²) in [6.07, 6.45) is 5.58. The third-order valence-corrected chi connectivity index (χ3v) is 11.2. The molecule has 0 spiro atoms. The van der Waals surface area contributed by atoms with E-state index in [-0.39, 0.29) is 12.2 Å². The highest BCUT2D eigenvalue weighted by Gasteiger charge is 2.27. The molecule has 1 aliphatic rings. The Morgan fingerprint density at radius 1 is 1.12 bits per heavy atom. The van der Waals surface area contributed by atoms with Crippen LogP contribution in [0, 0.1) is 0 Å². The molecule has 5 aromatic rings. The molecule has 0 amide bonds. The van der Waals surface area contributed by atoms with Crippen LogP contribution in [0.15, 0.2) is 75.5 Å². The molecule has 212 valence electrons.